The molecule has 0 unspecified atom stereocenters. The lowest BCUT2D eigenvalue weighted by Crippen LogP contribution is -1.90. The van der Waals surface area contributed by atoms with E-state index in [4.69, 9.17) is 23.2 Å². The van der Waals surface area contributed by atoms with Crippen molar-refractivity contribution in [3.8, 4) is 0 Å². The van der Waals surface area contributed by atoms with Crippen LogP contribution in [0, 0.1) is 0 Å². The van der Waals surface area contributed by atoms with Crippen LogP contribution in [-0.4, -0.2) is 5.17 Å². The Hall–Kier alpha value is -1.31. The van der Waals surface area contributed by atoms with Crippen molar-refractivity contribution >= 4 is 34.1 Å². The molecule has 0 N–H and O–H groups in total. The molecule has 2 aromatic rings. The van der Waals surface area contributed by atoms with Gasteiger partial charge in [0.15, 0.2) is 0 Å². The highest BCUT2D eigenvalue weighted by atomic mass is 35.5. The number of alkyl halides is 1. The molecule has 0 radical (unpaired) electrons. The summed E-state index contributed by atoms with van der Waals surface area (Å²) in [5.74, 6) is 0.429. The molecule has 0 aromatic heterocycles. The number of rotatable bonds is 3. The number of aliphatic imine (C=N–C) groups is 1. The minimum absolute atomic E-state index is 0.429. The van der Waals surface area contributed by atoms with Crippen LogP contribution in [0.5, 0.6) is 0 Å². The van der Waals surface area contributed by atoms with Crippen LogP contribution in [0.4, 0.5) is 5.69 Å². The Labute approximate surface area is 111 Å². The monoisotopic (exact) mass is 263 g/mol. The molecule has 17 heavy (non-hydrogen) atoms. The zero-order chi connectivity index (χ0) is 12.1. The Kier molecular flexibility index (Phi) is 4.18. The summed E-state index contributed by atoms with van der Waals surface area (Å²) in [6, 6.07) is 17.4. The first-order valence-corrected chi connectivity index (χ1v) is 6.16. The van der Waals surface area contributed by atoms with Gasteiger partial charge in [0.2, 0.25) is 0 Å². The van der Waals surface area contributed by atoms with E-state index in [-0.39, 0.29) is 0 Å². The van der Waals surface area contributed by atoms with E-state index in [0.29, 0.717) is 11.1 Å². The number of hydrogen-bond acceptors (Lipinski definition) is 1. The minimum atomic E-state index is 0.429. The van der Waals surface area contributed by atoms with Gasteiger partial charge in [0.1, 0.15) is 5.17 Å². The predicted molar refractivity (Wildman–Crippen MR) is 74.5 cm³/mol. The van der Waals surface area contributed by atoms with E-state index in [1.165, 1.54) is 0 Å². The molecular weight excluding hydrogens is 253 g/mol. The highest BCUT2D eigenvalue weighted by Crippen LogP contribution is 2.22. The van der Waals surface area contributed by atoms with Gasteiger partial charge in [0.25, 0.3) is 0 Å². The number of para-hydroxylation sites is 1. The van der Waals surface area contributed by atoms with Crippen LogP contribution in [0.15, 0.2) is 59.6 Å². The molecule has 2 rings (SSSR count). The summed E-state index contributed by atoms with van der Waals surface area (Å²) >= 11 is 12.0. The lowest BCUT2D eigenvalue weighted by atomic mass is 10.2. The first-order chi connectivity index (χ1) is 8.31. The van der Waals surface area contributed by atoms with Gasteiger partial charge in [0.05, 0.1) is 5.69 Å². The molecule has 0 aliphatic heterocycles. The quantitative estimate of drug-likeness (QED) is 0.560. The molecule has 3 heteroatoms. The zero-order valence-corrected chi connectivity index (χ0v) is 10.6. The number of benzene rings is 2. The van der Waals surface area contributed by atoms with Crippen LogP contribution in [0.2, 0.25) is 0 Å². The third-order valence-electron chi connectivity index (χ3n) is 2.37. The largest absolute Gasteiger partial charge is 0.236 e. The lowest BCUT2D eigenvalue weighted by Gasteiger charge is -2.03. The fourth-order valence-corrected chi connectivity index (χ4v) is 1.92. The summed E-state index contributed by atoms with van der Waals surface area (Å²) in [6.07, 6.45) is 0. The fraction of sp³-hybridized carbons (Fsp3) is 0.0714. The smallest absolute Gasteiger partial charge is 0.136 e. The molecule has 0 atom stereocenters. The molecule has 0 spiro atoms. The molecule has 0 amide bonds. The van der Waals surface area contributed by atoms with Gasteiger partial charge in [-0.05, 0) is 11.6 Å². The summed E-state index contributed by atoms with van der Waals surface area (Å²) in [7, 11) is 0. The predicted octanol–water partition coefficient (Wildman–Crippen LogP) is 4.74. The molecular formula is C14H11Cl2N. The fourth-order valence-electron chi connectivity index (χ4n) is 1.48. The summed E-state index contributed by atoms with van der Waals surface area (Å²) in [6.45, 7) is 0. The topological polar surface area (TPSA) is 12.4 Å². The zero-order valence-electron chi connectivity index (χ0n) is 9.11. The number of hydrogen-bond donors (Lipinski definition) is 0. The van der Waals surface area contributed by atoms with E-state index in [1.807, 2.05) is 54.6 Å². The third kappa shape index (κ3) is 3.09. The second-order valence-corrected chi connectivity index (χ2v) is 4.16. The average molecular weight is 264 g/mol. The van der Waals surface area contributed by atoms with Crippen LogP contribution in [0.1, 0.15) is 11.1 Å². The van der Waals surface area contributed by atoms with Crippen molar-refractivity contribution < 1.29 is 0 Å². The van der Waals surface area contributed by atoms with E-state index in [0.717, 1.165) is 16.8 Å². The van der Waals surface area contributed by atoms with E-state index >= 15 is 0 Å². The summed E-state index contributed by atoms with van der Waals surface area (Å²) in [5, 5.41) is 0.475. The van der Waals surface area contributed by atoms with Crippen molar-refractivity contribution in [2.75, 3.05) is 0 Å². The van der Waals surface area contributed by atoms with E-state index in [2.05, 4.69) is 4.99 Å². The maximum absolute atomic E-state index is 6.18. The highest BCUT2D eigenvalue weighted by Gasteiger charge is 2.02. The summed E-state index contributed by atoms with van der Waals surface area (Å²) < 4.78 is 0. The van der Waals surface area contributed by atoms with Crippen LogP contribution in [0.3, 0.4) is 0 Å². The van der Waals surface area contributed by atoms with Crippen LogP contribution in [-0.2, 0) is 5.88 Å². The number of nitrogens with zero attached hydrogens (tertiary/aromatic N) is 1. The van der Waals surface area contributed by atoms with Gasteiger partial charge in [-0.25, -0.2) is 4.99 Å². The van der Waals surface area contributed by atoms with Crippen molar-refractivity contribution in [2.45, 2.75) is 5.88 Å². The molecule has 2 aromatic carbocycles. The molecule has 0 aliphatic carbocycles. The van der Waals surface area contributed by atoms with Gasteiger partial charge in [0, 0.05) is 11.4 Å². The van der Waals surface area contributed by atoms with Gasteiger partial charge >= 0.3 is 0 Å². The van der Waals surface area contributed by atoms with Crippen molar-refractivity contribution in [3.63, 3.8) is 0 Å². The van der Waals surface area contributed by atoms with Crippen LogP contribution in [0.25, 0.3) is 0 Å². The summed E-state index contributed by atoms with van der Waals surface area (Å²) in [4.78, 5) is 4.40. The van der Waals surface area contributed by atoms with E-state index < -0.39 is 0 Å². The Morgan fingerprint density at radius 3 is 2.29 bits per heavy atom. The highest BCUT2D eigenvalue weighted by molar-refractivity contribution is 6.69. The van der Waals surface area contributed by atoms with E-state index in [9.17, 15) is 0 Å². The van der Waals surface area contributed by atoms with Crippen molar-refractivity contribution in [1.29, 1.82) is 0 Å². The summed E-state index contributed by atoms with van der Waals surface area (Å²) in [5.41, 5.74) is 2.69. The Bertz CT molecular complexity index is 521. The van der Waals surface area contributed by atoms with Crippen LogP contribution < -0.4 is 0 Å². The lowest BCUT2D eigenvalue weighted by molar-refractivity contribution is 1.35. The van der Waals surface area contributed by atoms with Gasteiger partial charge < -0.3 is 0 Å². The van der Waals surface area contributed by atoms with Crippen LogP contribution >= 0.6 is 23.2 Å². The SMILES string of the molecule is ClCc1ccccc1N=C(Cl)c1ccccc1. The van der Waals surface area contributed by atoms with Gasteiger partial charge in [-0.1, -0.05) is 60.1 Å². The normalized spacial score (nSPS) is 11.5. The Morgan fingerprint density at radius 2 is 1.59 bits per heavy atom. The molecule has 0 fully saturated rings. The van der Waals surface area contributed by atoms with Gasteiger partial charge in [-0.2, -0.15) is 0 Å². The molecule has 1 nitrogen and oxygen atoms in total. The molecule has 0 aliphatic rings. The van der Waals surface area contributed by atoms with Gasteiger partial charge in [-0.15, -0.1) is 11.6 Å². The first-order valence-electron chi connectivity index (χ1n) is 5.25. The molecule has 0 saturated heterocycles. The van der Waals surface area contributed by atoms with Gasteiger partial charge in [-0.3, -0.25) is 0 Å². The third-order valence-corrected chi connectivity index (χ3v) is 2.96. The maximum atomic E-state index is 6.18. The molecule has 0 bridgehead atoms. The standard InChI is InChI=1S/C14H11Cl2N/c15-10-12-8-4-5-9-13(12)17-14(16)11-6-2-1-3-7-11/h1-9H,10H2. The van der Waals surface area contributed by atoms with Crippen molar-refractivity contribution in [2.24, 2.45) is 4.99 Å². The molecule has 0 heterocycles. The van der Waals surface area contributed by atoms with E-state index in [1.54, 1.807) is 0 Å². The maximum Gasteiger partial charge on any atom is 0.136 e. The molecule has 86 valence electrons. The number of halogens is 2. The van der Waals surface area contributed by atoms with Crippen molar-refractivity contribution in [1.82, 2.24) is 0 Å². The second kappa shape index (κ2) is 5.85. The Morgan fingerprint density at radius 1 is 0.941 bits per heavy atom. The average Bonchev–Trinajstić information content (AvgIpc) is 2.40. The minimum Gasteiger partial charge on any atom is -0.236 e. The first kappa shape index (κ1) is 12.2. The molecule has 0 saturated carbocycles. The second-order valence-electron chi connectivity index (χ2n) is 3.53. The van der Waals surface area contributed by atoms with Crippen molar-refractivity contribution in [3.05, 3.63) is 65.7 Å². The Balaban J connectivity index is 2.36.